The molecule has 122 valence electrons. The minimum Gasteiger partial charge on any atom is -0.469 e. The molecule has 0 spiro atoms. The van der Waals surface area contributed by atoms with Gasteiger partial charge in [0.15, 0.2) is 0 Å². The lowest BCUT2D eigenvalue weighted by atomic mass is 9.85. The molecule has 1 heterocycles. The second-order valence-electron chi connectivity index (χ2n) is 6.81. The van der Waals surface area contributed by atoms with Gasteiger partial charge in [-0.05, 0) is 49.1 Å². The number of esters is 1. The summed E-state index contributed by atoms with van der Waals surface area (Å²) in [5.74, 6) is -0.309. The van der Waals surface area contributed by atoms with E-state index >= 15 is 0 Å². The maximum atomic E-state index is 12.3. The van der Waals surface area contributed by atoms with Crippen molar-refractivity contribution >= 4 is 28.2 Å². The molecule has 4 nitrogen and oxygen atoms in total. The van der Waals surface area contributed by atoms with Crippen LogP contribution in [0.4, 0.5) is 5.00 Å². The minimum absolute atomic E-state index is 0.0319. The van der Waals surface area contributed by atoms with Crippen LogP contribution in [0.25, 0.3) is 0 Å². The zero-order valence-electron chi connectivity index (χ0n) is 13.9. The van der Waals surface area contributed by atoms with E-state index in [4.69, 9.17) is 4.74 Å². The van der Waals surface area contributed by atoms with E-state index in [1.807, 2.05) is 13.8 Å². The molecular weight excluding hydrogens is 298 g/mol. The van der Waals surface area contributed by atoms with E-state index in [0.717, 1.165) is 17.8 Å². The van der Waals surface area contributed by atoms with Crippen LogP contribution in [-0.2, 0) is 27.2 Å². The lowest BCUT2D eigenvalue weighted by molar-refractivity contribution is -0.143. The number of thiophene rings is 1. The number of hydrogen-bond acceptors (Lipinski definition) is 4. The highest BCUT2D eigenvalue weighted by Crippen LogP contribution is 2.38. The first-order chi connectivity index (χ1) is 10.3. The van der Waals surface area contributed by atoms with Crippen molar-refractivity contribution in [2.75, 3.05) is 12.4 Å². The fourth-order valence-corrected chi connectivity index (χ4v) is 4.29. The first-order valence-electron chi connectivity index (χ1n) is 7.80. The SMILES string of the molecule is COC(=O)CC(C)(C)CC(=O)Nc1sc2c(c1C)CCCC2. The van der Waals surface area contributed by atoms with E-state index in [0.29, 0.717) is 6.42 Å². The molecule has 1 aliphatic rings. The van der Waals surface area contributed by atoms with Crippen molar-refractivity contribution in [1.29, 1.82) is 0 Å². The largest absolute Gasteiger partial charge is 0.469 e. The molecule has 0 atom stereocenters. The number of carbonyl (C=O) groups is 2. The third-order valence-corrected chi connectivity index (χ3v) is 5.49. The number of nitrogens with one attached hydrogen (secondary N) is 1. The number of fused-ring (bicyclic) bond motifs is 1. The van der Waals surface area contributed by atoms with Gasteiger partial charge >= 0.3 is 5.97 Å². The molecule has 1 aliphatic carbocycles. The molecule has 0 bridgehead atoms. The number of ether oxygens (including phenoxy) is 1. The van der Waals surface area contributed by atoms with E-state index < -0.39 is 5.41 Å². The van der Waals surface area contributed by atoms with Gasteiger partial charge in [0, 0.05) is 11.3 Å². The Kier molecular flexibility index (Phi) is 5.27. The summed E-state index contributed by atoms with van der Waals surface area (Å²) in [6.45, 7) is 5.92. The standard InChI is InChI=1S/C17H25NO3S/c1-11-12-7-5-6-8-13(12)22-16(11)18-14(19)9-17(2,3)10-15(20)21-4/h5-10H2,1-4H3,(H,18,19). The lowest BCUT2D eigenvalue weighted by Gasteiger charge is -2.22. The van der Waals surface area contributed by atoms with Crippen molar-refractivity contribution in [3.8, 4) is 0 Å². The smallest absolute Gasteiger partial charge is 0.306 e. The van der Waals surface area contributed by atoms with E-state index in [9.17, 15) is 9.59 Å². The van der Waals surface area contributed by atoms with Crippen molar-refractivity contribution in [2.45, 2.75) is 59.3 Å². The number of aryl methyl sites for hydroxylation is 1. The molecule has 1 aromatic rings. The zero-order chi connectivity index (χ0) is 16.3. The zero-order valence-corrected chi connectivity index (χ0v) is 14.7. The van der Waals surface area contributed by atoms with Gasteiger partial charge in [-0.2, -0.15) is 0 Å². The van der Waals surface area contributed by atoms with Gasteiger partial charge < -0.3 is 10.1 Å². The van der Waals surface area contributed by atoms with Gasteiger partial charge in [0.25, 0.3) is 0 Å². The first-order valence-corrected chi connectivity index (χ1v) is 8.62. The molecule has 0 saturated carbocycles. The highest BCUT2D eigenvalue weighted by Gasteiger charge is 2.27. The van der Waals surface area contributed by atoms with E-state index in [1.165, 1.54) is 36.0 Å². The van der Waals surface area contributed by atoms with Crippen LogP contribution in [0.1, 0.15) is 55.5 Å². The molecule has 1 N–H and O–H groups in total. The summed E-state index contributed by atoms with van der Waals surface area (Å²) in [4.78, 5) is 25.1. The lowest BCUT2D eigenvalue weighted by Crippen LogP contribution is -2.25. The van der Waals surface area contributed by atoms with Gasteiger partial charge in [-0.1, -0.05) is 13.8 Å². The molecule has 0 aliphatic heterocycles. The average molecular weight is 323 g/mol. The molecule has 0 fully saturated rings. The van der Waals surface area contributed by atoms with Gasteiger partial charge in [-0.3, -0.25) is 9.59 Å². The van der Waals surface area contributed by atoms with Crippen molar-refractivity contribution < 1.29 is 14.3 Å². The number of rotatable bonds is 5. The summed E-state index contributed by atoms with van der Waals surface area (Å²) >= 11 is 1.71. The fraction of sp³-hybridized carbons (Fsp3) is 0.647. The molecular formula is C17H25NO3S. The third kappa shape index (κ3) is 4.09. The van der Waals surface area contributed by atoms with E-state index in [2.05, 4.69) is 12.2 Å². The number of anilines is 1. The van der Waals surface area contributed by atoms with Crippen LogP contribution in [0, 0.1) is 12.3 Å². The Balaban J connectivity index is 2.00. The van der Waals surface area contributed by atoms with Gasteiger partial charge in [0.2, 0.25) is 5.91 Å². The van der Waals surface area contributed by atoms with Crippen molar-refractivity contribution in [3.05, 3.63) is 16.0 Å². The molecule has 0 unspecified atom stereocenters. The predicted octanol–water partition coefficient (Wildman–Crippen LogP) is 3.85. The fourth-order valence-electron chi connectivity index (χ4n) is 2.97. The number of carbonyl (C=O) groups excluding carboxylic acids is 2. The van der Waals surface area contributed by atoms with Crippen molar-refractivity contribution in [3.63, 3.8) is 0 Å². The maximum absolute atomic E-state index is 12.3. The summed E-state index contributed by atoms with van der Waals surface area (Å²) in [6, 6.07) is 0. The van der Waals surface area contributed by atoms with Gasteiger partial charge in [0.05, 0.1) is 18.5 Å². The Morgan fingerprint density at radius 2 is 1.91 bits per heavy atom. The summed E-state index contributed by atoms with van der Waals surface area (Å²) in [6.07, 6.45) is 5.30. The summed E-state index contributed by atoms with van der Waals surface area (Å²) in [7, 11) is 1.37. The Morgan fingerprint density at radius 3 is 2.55 bits per heavy atom. The van der Waals surface area contributed by atoms with Crippen molar-refractivity contribution in [1.82, 2.24) is 0 Å². The first kappa shape index (κ1) is 17.0. The minimum atomic E-state index is -0.401. The normalized spacial score (nSPS) is 14.4. The Labute approximate surface area is 136 Å². The van der Waals surface area contributed by atoms with Gasteiger partial charge in [0.1, 0.15) is 0 Å². The summed E-state index contributed by atoms with van der Waals surface area (Å²) in [5.41, 5.74) is 2.25. The summed E-state index contributed by atoms with van der Waals surface area (Å²) < 4.78 is 4.69. The summed E-state index contributed by atoms with van der Waals surface area (Å²) in [5, 5.41) is 4.02. The van der Waals surface area contributed by atoms with E-state index in [-0.39, 0.29) is 18.3 Å². The third-order valence-electron chi connectivity index (χ3n) is 4.18. The van der Waals surface area contributed by atoms with Crippen LogP contribution in [0.15, 0.2) is 0 Å². The topological polar surface area (TPSA) is 55.4 Å². The molecule has 22 heavy (non-hydrogen) atoms. The Morgan fingerprint density at radius 1 is 1.23 bits per heavy atom. The van der Waals surface area contributed by atoms with Crippen LogP contribution in [0.5, 0.6) is 0 Å². The number of methoxy groups -OCH3 is 1. The highest BCUT2D eigenvalue weighted by atomic mass is 32.1. The van der Waals surface area contributed by atoms with Crippen LogP contribution in [-0.4, -0.2) is 19.0 Å². The van der Waals surface area contributed by atoms with Gasteiger partial charge in [-0.25, -0.2) is 0 Å². The average Bonchev–Trinajstić information content (AvgIpc) is 2.74. The molecule has 0 saturated heterocycles. The molecule has 5 heteroatoms. The molecule has 1 aromatic heterocycles. The van der Waals surface area contributed by atoms with Crippen LogP contribution >= 0.6 is 11.3 Å². The van der Waals surface area contributed by atoms with Crippen LogP contribution < -0.4 is 5.32 Å². The number of hydrogen-bond donors (Lipinski definition) is 1. The monoisotopic (exact) mass is 323 g/mol. The van der Waals surface area contributed by atoms with Crippen LogP contribution in [0.2, 0.25) is 0 Å². The number of amides is 1. The quantitative estimate of drug-likeness (QED) is 0.837. The van der Waals surface area contributed by atoms with Crippen molar-refractivity contribution in [2.24, 2.45) is 5.41 Å². The molecule has 0 radical (unpaired) electrons. The Bertz CT molecular complexity index is 575. The second kappa shape index (κ2) is 6.82. The van der Waals surface area contributed by atoms with Gasteiger partial charge in [-0.15, -0.1) is 11.3 Å². The van der Waals surface area contributed by atoms with E-state index in [1.54, 1.807) is 11.3 Å². The predicted molar refractivity (Wildman–Crippen MR) is 89.4 cm³/mol. The van der Waals surface area contributed by atoms with Crippen LogP contribution in [0.3, 0.4) is 0 Å². The molecule has 0 aromatic carbocycles. The molecule has 1 amide bonds. The highest BCUT2D eigenvalue weighted by molar-refractivity contribution is 7.16. The molecule has 2 rings (SSSR count). The second-order valence-corrected chi connectivity index (χ2v) is 7.91. The Hall–Kier alpha value is -1.36. The maximum Gasteiger partial charge on any atom is 0.306 e.